The van der Waals surface area contributed by atoms with E-state index >= 15 is 0 Å². The SMILES string of the molecule is CCCCCCCCCCCCCCCCCC(=O)O.c1c[nH]cn1. The lowest BCUT2D eigenvalue weighted by molar-refractivity contribution is -0.137. The van der Waals surface area contributed by atoms with Gasteiger partial charge in [0.25, 0.3) is 0 Å². The molecule has 0 saturated heterocycles. The molecule has 146 valence electrons. The van der Waals surface area contributed by atoms with Gasteiger partial charge in [-0.15, -0.1) is 0 Å². The van der Waals surface area contributed by atoms with E-state index in [0.29, 0.717) is 6.42 Å². The number of unbranched alkanes of at least 4 members (excludes halogenated alkanes) is 14. The van der Waals surface area contributed by atoms with Gasteiger partial charge in [0, 0.05) is 18.8 Å². The molecular formula is C21H40N2O2. The van der Waals surface area contributed by atoms with E-state index < -0.39 is 5.97 Å². The minimum absolute atomic E-state index is 0.345. The lowest BCUT2D eigenvalue weighted by atomic mass is 10.0. The summed E-state index contributed by atoms with van der Waals surface area (Å²) in [6.45, 7) is 2.27. The molecule has 1 rings (SSSR count). The van der Waals surface area contributed by atoms with E-state index in [0.717, 1.165) is 12.8 Å². The van der Waals surface area contributed by atoms with E-state index in [1.807, 2.05) is 0 Å². The molecule has 1 aromatic heterocycles. The second-order valence-electron chi connectivity index (χ2n) is 6.85. The fraction of sp³-hybridized carbons (Fsp3) is 0.810. The first-order valence-corrected chi connectivity index (χ1v) is 10.4. The summed E-state index contributed by atoms with van der Waals surface area (Å²) >= 11 is 0. The Labute approximate surface area is 154 Å². The molecule has 0 spiro atoms. The number of H-pyrrole nitrogens is 1. The molecule has 0 aromatic carbocycles. The van der Waals surface area contributed by atoms with Crippen LogP contribution in [-0.4, -0.2) is 21.0 Å². The van der Waals surface area contributed by atoms with E-state index in [9.17, 15) is 4.79 Å². The maximum Gasteiger partial charge on any atom is 0.303 e. The second kappa shape index (κ2) is 20.7. The number of carboxylic acid groups (broad SMARTS) is 1. The van der Waals surface area contributed by atoms with Crippen LogP contribution in [0.5, 0.6) is 0 Å². The van der Waals surface area contributed by atoms with Crippen LogP contribution in [0.25, 0.3) is 0 Å². The summed E-state index contributed by atoms with van der Waals surface area (Å²) in [6.07, 6.45) is 25.3. The quantitative estimate of drug-likeness (QED) is 0.324. The van der Waals surface area contributed by atoms with Crippen molar-refractivity contribution < 1.29 is 9.90 Å². The maximum absolute atomic E-state index is 10.3. The molecule has 0 atom stereocenters. The number of imidazole rings is 1. The Kier molecular flexibility index (Phi) is 19.6. The highest BCUT2D eigenvalue weighted by Crippen LogP contribution is 2.13. The molecule has 0 radical (unpaired) electrons. The van der Waals surface area contributed by atoms with Crippen LogP contribution in [0.2, 0.25) is 0 Å². The van der Waals surface area contributed by atoms with Crippen LogP contribution < -0.4 is 0 Å². The van der Waals surface area contributed by atoms with Gasteiger partial charge >= 0.3 is 5.97 Å². The fourth-order valence-corrected chi connectivity index (χ4v) is 2.86. The van der Waals surface area contributed by atoms with Gasteiger partial charge in [0.1, 0.15) is 0 Å². The molecule has 2 N–H and O–H groups in total. The first kappa shape index (κ1) is 23.7. The van der Waals surface area contributed by atoms with Gasteiger partial charge in [-0.25, -0.2) is 4.98 Å². The molecule has 0 aliphatic heterocycles. The largest absolute Gasteiger partial charge is 0.481 e. The number of hydrogen-bond donors (Lipinski definition) is 2. The normalized spacial score (nSPS) is 10.3. The van der Waals surface area contributed by atoms with Crippen LogP contribution >= 0.6 is 0 Å². The predicted octanol–water partition coefficient (Wildman–Crippen LogP) is 6.74. The fourth-order valence-electron chi connectivity index (χ4n) is 2.86. The number of aliphatic carboxylic acids is 1. The summed E-state index contributed by atoms with van der Waals surface area (Å²) in [5.74, 6) is -0.653. The van der Waals surface area contributed by atoms with Crippen molar-refractivity contribution in [3.05, 3.63) is 18.7 Å². The Morgan fingerprint density at radius 1 is 0.800 bits per heavy atom. The van der Waals surface area contributed by atoms with Gasteiger partial charge in [0.2, 0.25) is 0 Å². The lowest BCUT2D eigenvalue weighted by Gasteiger charge is -2.03. The third-order valence-corrected chi connectivity index (χ3v) is 4.40. The Bertz CT molecular complexity index is 336. The van der Waals surface area contributed by atoms with Crippen molar-refractivity contribution >= 4 is 5.97 Å². The molecule has 0 aliphatic rings. The zero-order valence-electron chi connectivity index (χ0n) is 16.3. The lowest BCUT2D eigenvalue weighted by Crippen LogP contribution is -1.93. The molecule has 0 amide bonds. The monoisotopic (exact) mass is 352 g/mol. The molecular weight excluding hydrogens is 312 g/mol. The van der Waals surface area contributed by atoms with E-state index in [2.05, 4.69) is 16.9 Å². The van der Waals surface area contributed by atoms with Crippen LogP contribution in [0.15, 0.2) is 18.7 Å². The van der Waals surface area contributed by atoms with E-state index in [-0.39, 0.29) is 0 Å². The summed E-state index contributed by atoms with van der Waals surface area (Å²) in [7, 11) is 0. The summed E-state index contributed by atoms with van der Waals surface area (Å²) in [6, 6.07) is 0. The highest BCUT2D eigenvalue weighted by molar-refractivity contribution is 5.66. The minimum Gasteiger partial charge on any atom is -0.481 e. The number of aromatic nitrogens is 2. The van der Waals surface area contributed by atoms with E-state index in [1.165, 1.54) is 83.5 Å². The molecule has 1 heterocycles. The van der Waals surface area contributed by atoms with Gasteiger partial charge < -0.3 is 10.1 Å². The van der Waals surface area contributed by atoms with Crippen molar-refractivity contribution in [3.8, 4) is 0 Å². The van der Waals surface area contributed by atoms with Crippen LogP contribution in [0.3, 0.4) is 0 Å². The predicted molar refractivity (Wildman–Crippen MR) is 106 cm³/mol. The smallest absolute Gasteiger partial charge is 0.303 e. The molecule has 4 nitrogen and oxygen atoms in total. The van der Waals surface area contributed by atoms with Crippen LogP contribution in [0, 0.1) is 0 Å². The highest BCUT2D eigenvalue weighted by atomic mass is 16.4. The zero-order valence-corrected chi connectivity index (χ0v) is 16.3. The van der Waals surface area contributed by atoms with Gasteiger partial charge in [0.15, 0.2) is 0 Å². The average Bonchev–Trinajstić information content (AvgIpc) is 3.18. The standard InChI is InChI=1S/C18H36O2.C3H4N2/c1-2-3-4-5-6-7-8-9-10-11-12-13-14-15-16-17-18(19)20;1-2-5-3-4-1/h2-17H2,1H3,(H,19,20);1-3H,(H,4,5). The third-order valence-electron chi connectivity index (χ3n) is 4.40. The van der Waals surface area contributed by atoms with Crippen LogP contribution in [0.4, 0.5) is 0 Å². The first-order valence-electron chi connectivity index (χ1n) is 10.4. The number of carboxylic acids is 1. The molecule has 0 saturated carbocycles. The van der Waals surface area contributed by atoms with Crippen LogP contribution in [-0.2, 0) is 4.79 Å². The second-order valence-corrected chi connectivity index (χ2v) is 6.85. The van der Waals surface area contributed by atoms with E-state index in [1.54, 1.807) is 18.7 Å². The highest BCUT2D eigenvalue weighted by Gasteiger charge is 1.97. The topological polar surface area (TPSA) is 66.0 Å². The Morgan fingerprint density at radius 2 is 1.24 bits per heavy atom. The first-order chi connectivity index (χ1) is 12.3. The number of nitrogens with one attached hydrogen (secondary N) is 1. The number of nitrogens with zero attached hydrogens (tertiary/aromatic N) is 1. The molecule has 1 aromatic rings. The van der Waals surface area contributed by atoms with Gasteiger partial charge in [-0.1, -0.05) is 96.8 Å². The maximum atomic E-state index is 10.3. The van der Waals surface area contributed by atoms with Gasteiger partial charge in [0.05, 0.1) is 6.33 Å². The van der Waals surface area contributed by atoms with Crippen molar-refractivity contribution in [1.29, 1.82) is 0 Å². The molecule has 0 aliphatic carbocycles. The Balaban J connectivity index is 0.000000972. The summed E-state index contributed by atoms with van der Waals surface area (Å²) < 4.78 is 0. The average molecular weight is 353 g/mol. The van der Waals surface area contributed by atoms with Gasteiger partial charge in [-0.3, -0.25) is 4.79 Å². The van der Waals surface area contributed by atoms with Crippen LogP contribution in [0.1, 0.15) is 110 Å². The molecule has 0 bridgehead atoms. The number of hydrogen-bond acceptors (Lipinski definition) is 2. The number of rotatable bonds is 16. The van der Waals surface area contributed by atoms with Gasteiger partial charge in [-0.05, 0) is 6.42 Å². The summed E-state index contributed by atoms with van der Waals surface area (Å²) in [5.41, 5.74) is 0. The minimum atomic E-state index is -0.653. The third kappa shape index (κ3) is 22.7. The van der Waals surface area contributed by atoms with Crippen molar-refractivity contribution in [2.24, 2.45) is 0 Å². The molecule has 0 fully saturated rings. The van der Waals surface area contributed by atoms with Crippen molar-refractivity contribution in [3.63, 3.8) is 0 Å². The molecule has 4 heteroatoms. The number of carbonyl (C=O) groups is 1. The Hall–Kier alpha value is -1.32. The Morgan fingerprint density at radius 3 is 1.52 bits per heavy atom. The molecule has 0 unspecified atom stereocenters. The van der Waals surface area contributed by atoms with E-state index in [4.69, 9.17) is 5.11 Å². The zero-order chi connectivity index (χ0) is 18.4. The molecule has 25 heavy (non-hydrogen) atoms. The summed E-state index contributed by atoms with van der Waals surface area (Å²) in [5, 5.41) is 8.52. The number of aromatic amines is 1. The summed E-state index contributed by atoms with van der Waals surface area (Å²) in [4.78, 5) is 16.7. The van der Waals surface area contributed by atoms with Crippen molar-refractivity contribution in [2.45, 2.75) is 110 Å². The van der Waals surface area contributed by atoms with Crippen molar-refractivity contribution in [2.75, 3.05) is 0 Å². The van der Waals surface area contributed by atoms with Crippen molar-refractivity contribution in [1.82, 2.24) is 9.97 Å². The van der Waals surface area contributed by atoms with Gasteiger partial charge in [-0.2, -0.15) is 0 Å².